The first-order valence-electron chi connectivity index (χ1n) is 18.1. The van der Waals surface area contributed by atoms with Crippen LogP contribution in [0.15, 0.2) is 73.1 Å². The van der Waals surface area contributed by atoms with Crippen molar-refractivity contribution < 1.29 is 23.2 Å². The third-order valence-electron chi connectivity index (χ3n) is 10.9. The number of carbonyl (C=O) groups excluding carboxylic acids is 3. The molecule has 4 aliphatic rings. The minimum absolute atomic E-state index is 0.164. The second kappa shape index (κ2) is 13.3. The van der Waals surface area contributed by atoms with E-state index in [9.17, 15) is 23.2 Å². The molecular formula is C39H37F2N9O3. The number of carbonyl (C=O) groups is 3. The summed E-state index contributed by atoms with van der Waals surface area (Å²) >= 11 is 0. The van der Waals surface area contributed by atoms with Crippen LogP contribution in [0.2, 0.25) is 0 Å². The lowest BCUT2D eigenvalue weighted by Gasteiger charge is -2.35. The molecule has 0 radical (unpaired) electrons. The summed E-state index contributed by atoms with van der Waals surface area (Å²) in [5.74, 6) is -0.196. The number of fused-ring (bicyclic) bond motifs is 2. The number of halogens is 2. The Morgan fingerprint density at radius 2 is 1.68 bits per heavy atom. The molecule has 1 N–H and O–H groups in total. The molecule has 3 aromatic heterocycles. The van der Waals surface area contributed by atoms with Crippen molar-refractivity contribution in [3.05, 3.63) is 107 Å². The molecule has 2 aromatic carbocycles. The number of rotatable bonds is 7. The number of nitrogens with zero attached hydrogens (tertiary/aromatic N) is 8. The molecule has 53 heavy (non-hydrogen) atoms. The molecule has 1 unspecified atom stereocenters. The summed E-state index contributed by atoms with van der Waals surface area (Å²) in [5.41, 5.74) is 5.15. The van der Waals surface area contributed by atoms with Crippen molar-refractivity contribution in [2.24, 2.45) is 0 Å². The van der Waals surface area contributed by atoms with Gasteiger partial charge < -0.3 is 14.7 Å². The second-order valence-electron chi connectivity index (χ2n) is 14.2. The molecule has 5 aromatic rings. The third-order valence-corrected chi connectivity index (χ3v) is 10.9. The molecule has 2 atom stereocenters. The lowest BCUT2D eigenvalue weighted by Crippen LogP contribution is -2.52. The zero-order valence-electron chi connectivity index (χ0n) is 28.9. The quantitative estimate of drug-likeness (QED) is 0.243. The molecule has 12 nitrogen and oxygen atoms in total. The molecule has 0 aliphatic carbocycles. The van der Waals surface area contributed by atoms with Crippen molar-refractivity contribution in [1.29, 1.82) is 0 Å². The maximum Gasteiger partial charge on any atom is 0.255 e. The summed E-state index contributed by atoms with van der Waals surface area (Å²) in [6, 6.07) is 16.4. The largest absolute Gasteiger partial charge is 0.354 e. The van der Waals surface area contributed by atoms with Crippen molar-refractivity contribution in [1.82, 2.24) is 34.7 Å². The second-order valence-corrected chi connectivity index (χ2v) is 14.2. The van der Waals surface area contributed by atoms with Crippen LogP contribution in [-0.2, 0) is 22.7 Å². The summed E-state index contributed by atoms with van der Waals surface area (Å²) in [6.07, 6.45) is 5.73. The lowest BCUT2D eigenvalue weighted by atomic mass is 10.0. The Hall–Kier alpha value is -5.76. The maximum atomic E-state index is 14.8. The van der Waals surface area contributed by atoms with Crippen LogP contribution in [0, 0.1) is 11.6 Å². The van der Waals surface area contributed by atoms with Crippen molar-refractivity contribution in [3.63, 3.8) is 0 Å². The van der Waals surface area contributed by atoms with Crippen LogP contribution >= 0.6 is 0 Å². The maximum absolute atomic E-state index is 14.8. The fourth-order valence-electron chi connectivity index (χ4n) is 8.20. The van der Waals surface area contributed by atoms with Crippen LogP contribution in [0.4, 0.5) is 20.4 Å². The Balaban J connectivity index is 0.868. The number of hydrogen-bond donors (Lipinski definition) is 1. The molecule has 9 rings (SSSR count). The van der Waals surface area contributed by atoms with Gasteiger partial charge in [-0.25, -0.2) is 23.3 Å². The molecule has 0 spiro atoms. The van der Waals surface area contributed by atoms with Crippen LogP contribution < -0.4 is 15.1 Å². The van der Waals surface area contributed by atoms with E-state index >= 15 is 0 Å². The van der Waals surface area contributed by atoms with Crippen molar-refractivity contribution in [2.75, 3.05) is 42.5 Å². The van der Waals surface area contributed by atoms with E-state index in [0.29, 0.717) is 48.5 Å². The van der Waals surface area contributed by atoms with Gasteiger partial charge in [0.15, 0.2) is 5.65 Å². The van der Waals surface area contributed by atoms with E-state index in [4.69, 9.17) is 9.97 Å². The number of aromatic nitrogens is 4. The minimum atomic E-state index is -0.624. The van der Waals surface area contributed by atoms with Gasteiger partial charge in [-0.1, -0.05) is 18.2 Å². The molecule has 270 valence electrons. The van der Waals surface area contributed by atoms with E-state index in [1.54, 1.807) is 15.6 Å². The predicted octanol–water partition coefficient (Wildman–Crippen LogP) is 4.49. The van der Waals surface area contributed by atoms with Gasteiger partial charge >= 0.3 is 0 Å². The zero-order chi connectivity index (χ0) is 36.2. The van der Waals surface area contributed by atoms with Crippen molar-refractivity contribution in [3.8, 4) is 11.3 Å². The summed E-state index contributed by atoms with van der Waals surface area (Å²) in [5, 5.41) is 6.89. The molecule has 4 aliphatic heterocycles. The number of benzene rings is 2. The number of piperidine rings is 1. The molecule has 0 bridgehead atoms. The average molecular weight is 718 g/mol. The number of hydrogen-bond acceptors (Lipinski definition) is 9. The van der Waals surface area contributed by atoms with Crippen molar-refractivity contribution in [2.45, 2.75) is 50.9 Å². The number of amides is 3. The number of nitrogens with one attached hydrogen (secondary N) is 1. The first kappa shape index (κ1) is 33.1. The van der Waals surface area contributed by atoms with Gasteiger partial charge in [-0.15, -0.1) is 0 Å². The summed E-state index contributed by atoms with van der Waals surface area (Å²) in [7, 11) is 0. The van der Waals surface area contributed by atoms with Gasteiger partial charge in [0, 0.05) is 69.6 Å². The van der Waals surface area contributed by atoms with E-state index in [1.165, 1.54) is 12.1 Å². The van der Waals surface area contributed by atoms with Gasteiger partial charge in [0.05, 0.1) is 23.5 Å². The number of pyridine rings is 1. The highest BCUT2D eigenvalue weighted by molar-refractivity contribution is 6.05. The molecule has 3 saturated heterocycles. The monoisotopic (exact) mass is 717 g/mol. The van der Waals surface area contributed by atoms with Crippen molar-refractivity contribution >= 4 is 35.0 Å². The summed E-state index contributed by atoms with van der Waals surface area (Å²) in [4.78, 5) is 55.4. The highest BCUT2D eigenvalue weighted by Gasteiger charge is 2.39. The Morgan fingerprint density at radius 3 is 2.53 bits per heavy atom. The normalized spacial score (nSPS) is 20.8. The summed E-state index contributed by atoms with van der Waals surface area (Å²) in [6.45, 7) is 5.01. The smallest absolute Gasteiger partial charge is 0.255 e. The van der Waals surface area contributed by atoms with E-state index < -0.39 is 23.6 Å². The fraction of sp³-hybridized carbons (Fsp3) is 0.333. The standard InChI is InChI=1S/C39H37F2N9O3/c40-26-7-9-30(41)28(20-26)32-4-2-13-48(32)35-12-14-50-37(44-35)29(21-42-50)31-3-1-5-34(43-31)47-17-15-46(16-18-47)22-24-6-8-27-25(19-24)23-49(39(27)53)33-10-11-36(51)45-38(33)52/h1,3,5-9,12,14,19-21,32-33H,2,4,10-11,13,15-18,22-23H2,(H,45,51,52)/t32-,33?/m1/s1. The lowest BCUT2D eigenvalue weighted by molar-refractivity contribution is -0.136. The van der Waals surface area contributed by atoms with Gasteiger partial charge in [-0.3, -0.25) is 24.6 Å². The zero-order valence-corrected chi connectivity index (χ0v) is 28.9. The Bertz CT molecular complexity index is 2270. The first-order valence-corrected chi connectivity index (χ1v) is 18.1. The molecule has 0 saturated carbocycles. The third kappa shape index (κ3) is 6.16. The van der Waals surface area contributed by atoms with Crippen LogP contribution in [0.1, 0.15) is 58.8 Å². The van der Waals surface area contributed by atoms with E-state index in [2.05, 4.69) is 26.3 Å². The number of anilines is 2. The molecule has 3 fully saturated rings. The number of piperazine rings is 1. The first-order chi connectivity index (χ1) is 25.8. The van der Waals surface area contributed by atoms with Gasteiger partial charge in [-0.2, -0.15) is 5.10 Å². The predicted molar refractivity (Wildman–Crippen MR) is 192 cm³/mol. The average Bonchev–Trinajstić information content (AvgIpc) is 3.90. The Morgan fingerprint density at radius 1 is 0.811 bits per heavy atom. The summed E-state index contributed by atoms with van der Waals surface area (Å²) < 4.78 is 30.6. The van der Waals surface area contributed by atoms with Crippen LogP contribution in [-0.4, -0.2) is 85.9 Å². The van der Waals surface area contributed by atoms with Crippen LogP contribution in [0.25, 0.3) is 16.9 Å². The minimum Gasteiger partial charge on any atom is -0.354 e. The SMILES string of the molecule is O=C1CCC(N2Cc3cc(CN4CCN(c5cccc(-c6cnn7ccc(N8CCC[C@@H]8c8cc(F)ccc8F)nc67)n5)CC4)ccc3C2=O)C(=O)N1. The van der Waals surface area contributed by atoms with E-state index in [-0.39, 0.29) is 24.3 Å². The van der Waals surface area contributed by atoms with E-state index in [0.717, 1.165) is 73.4 Å². The molecular weight excluding hydrogens is 680 g/mol. The highest BCUT2D eigenvalue weighted by atomic mass is 19.1. The highest BCUT2D eigenvalue weighted by Crippen LogP contribution is 2.37. The molecule has 3 amide bonds. The van der Waals surface area contributed by atoms with E-state index in [1.807, 2.05) is 47.5 Å². The van der Waals surface area contributed by atoms with Gasteiger partial charge in [-0.05, 0) is 72.9 Å². The van der Waals surface area contributed by atoms with Gasteiger partial charge in [0.2, 0.25) is 11.8 Å². The van der Waals surface area contributed by atoms with Crippen LogP contribution in [0.3, 0.4) is 0 Å². The Kier molecular flexibility index (Phi) is 8.33. The molecule has 7 heterocycles. The molecule has 14 heteroatoms. The number of imide groups is 1. The fourth-order valence-corrected chi connectivity index (χ4v) is 8.20. The Labute approximate surface area is 304 Å². The van der Waals surface area contributed by atoms with Gasteiger partial charge in [0.1, 0.15) is 29.3 Å². The van der Waals surface area contributed by atoms with Crippen LogP contribution in [0.5, 0.6) is 0 Å². The van der Waals surface area contributed by atoms with Gasteiger partial charge in [0.25, 0.3) is 5.91 Å². The topological polar surface area (TPSA) is 119 Å².